The Balaban J connectivity index is 1.53. The van der Waals surface area contributed by atoms with Crippen molar-refractivity contribution in [3.05, 3.63) is 72.2 Å². The van der Waals surface area contributed by atoms with Gasteiger partial charge in [0.2, 0.25) is 5.91 Å². The largest absolute Gasteiger partial charge is 0.320 e. The van der Waals surface area contributed by atoms with Gasteiger partial charge in [-0.15, -0.1) is 0 Å². The summed E-state index contributed by atoms with van der Waals surface area (Å²) in [5.41, 5.74) is 4.20. The van der Waals surface area contributed by atoms with Gasteiger partial charge in [-0.2, -0.15) is 0 Å². The first-order valence-corrected chi connectivity index (χ1v) is 10.1. The highest BCUT2D eigenvalue weighted by Crippen LogP contribution is 2.30. The predicted molar refractivity (Wildman–Crippen MR) is 117 cm³/mol. The van der Waals surface area contributed by atoms with Crippen LogP contribution < -0.4 is 10.6 Å². The number of aromatic nitrogens is 2. The first kappa shape index (κ1) is 19.8. The van der Waals surface area contributed by atoms with E-state index in [0.29, 0.717) is 23.0 Å². The van der Waals surface area contributed by atoms with E-state index in [1.807, 2.05) is 6.07 Å². The lowest BCUT2D eigenvalue weighted by Crippen LogP contribution is -2.16. The molecule has 0 bridgehead atoms. The number of hydrogen-bond acceptors (Lipinski definition) is 4. The van der Waals surface area contributed by atoms with E-state index in [1.54, 1.807) is 24.5 Å². The third kappa shape index (κ3) is 4.54. The first-order valence-electron chi connectivity index (χ1n) is 10.1. The summed E-state index contributed by atoms with van der Waals surface area (Å²) in [6.45, 7) is 4.31. The maximum atomic E-state index is 12.8. The number of amides is 2. The van der Waals surface area contributed by atoms with Crippen molar-refractivity contribution in [1.29, 1.82) is 0 Å². The summed E-state index contributed by atoms with van der Waals surface area (Å²) in [6.07, 6.45) is 6.69. The average molecular weight is 400 g/mol. The van der Waals surface area contributed by atoms with Gasteiger partial charge in [-0.05, 0) is 48.1 Å². The number of anilines is 2. The molecule has 3 aromatic rings. The second-order valence-corrected chi connectivity index (χ2v) is 7.85. The molecule has 0 aliphatic heterocycles. The zero-order valence-electron chi connectivity index (χ0n) is 17.1. The number of rotatable bonds is 6. The second kappa shape index (κ2) is 8.45. The molecule has 2 heterocycles. The topological polar surface area (TPSA) is 84.0 Å². The van der Waals surface area contributed by atoms with Crippen molar-refractivity contribution < 1.29 is 9.59 Å². The fraction of sp³-hybridized carbons (Fsp3) is 0.250. The van der Waals surface area contributed by atoms with Crippen molar-refractivity contribution >= 4 is 23.3 Å². The molecule has 1 fully saturated rings. The molecule has 6 nitrogen and oxygen atoms in total. The zero-order chi connectivity index (χ0) is 21.1. The second-order valence-electron chi connectivity index (χ2n) is 7.85. The van der Waals surface area contributed by atoms with Crippen molar-refractivity contribution in [1.82, 2.24) is 9.97 Å². The molecule has 1 aliphatic carbocycles. The Morgan fingerprint density at radius 1 is 1.00 bits per heavy atom. The van der Waals surface area contributed by atoms with Gasteiger partial charge >= 0.3 is 0 Å². The van der Waals surface area contributed by atoms with Gasteiger partial charge in [0.1, 0.15) is 5.82 Å². The fourth-order valence-electron chi connectivity index (χ4n) is 3.20. The lowest BCUT2D eigenvalue weighted by molar-refractivity contribution is -0.117. The number of carbonyl (C=O) groups is 2. The van der Waals surface area contributed by atoms with Gasteiger partial charge in [0.25, 0.3) is 5.91 Å². The SMILES string of the molecule is CC(C)c1ccc(-c2ccncc2NC(=O)c2ccnc(NC(=O)C3CC3)c2)cc1. The van der Waals surface area contributed by atoms with Crippen molar-refractivity contribution in [2.24, 2.45) is 5.92 Å². The van der Waals surface area contributed by atoms with Crippen LogP contribution in [0.1, 0.15) is 48.5 Å². The number of nitrogens with zero attached hydrogens (tertiary/aromatic N) is 2. The van der Waals surface area contributed by atoms with E-state index >= 15 is 0 Å². The molecule has 30 heavy (non-hydrogen) atoms. The zero-order valence-corrected chi connectivity index (χ0v) is 17.1. The first-order chi connectivity index (χ1) is 14.5. The number of carbonyl (C=O) groups excluding carboxylic acids is 2. The number of nitrogens with one attached hydrogen (secondary N) is 2. The maximum absolute atomic E-state index is 12.8. The molecule has 1 aromatic carbocycles. The monoisotopic (exact) mass is 400 g/mol. The molecule has 4 rings (SSSR count). The Morgan fingerprint density at radius 2 is 1.77 bits per heavy atom. The van der Waals surface area contributed by atoms with Crippen molar-refractivity contribution in [3.63, 3.8) is 0 Å². The molecule has 1 aliphatic rings. The molecular weight excluding hydrogens is 376 g/mol. The highest BCUT2D eigenvalue weighted by atomic mass is 16.2. The standard InChI is InChI=1S/C24H24N4O2/c1-15(2)16-3-5-17(6-4-16)20-10-11-25-14-21(20)27-24(30)19-9-12-26-22(13-19)28-23(29)18-7-8-18/h3-6,9-15,18H,7-8H2,1-2H3,(H,27,30)(H,26,28,29). The van der Waals surface area contributed by atoms with E-state index in [0.717, 1.165) is 24.0 Å². The van der Waals surface area contributed by atoms with Crippen molar-refractivity contribution in [2.45, 2.75) is 32.6 Å². The van der Waals surface area contributed by atoms with Gasteiger partial charge < -0.3 is 10.6 Å². The molecule has 0 unspecified atom stereocenters. The van der Waals surface area contributed by atoms with Crippen LogP contribution in [0.15, 0.2) is 61.1 Å². The molecular formula is C24H24N4O2. The van der Waals surface area contributed by atoms with Crippen LogP contribution in [0.3, 0.4) is 0 Å². The van der Waals surface area contributed by atoms with E-state index < -0.39 is 0 Å². The van der Waals surface area contributed by atoms with E-state index in [4.69, 9.17) is 0 Å². The van der Waals surface area contributed by atoms with Crippen LogP contribution >= 0.6 is 0 Å². The van der Waals surface area contributed by atoms with E-state index in [9.17, 15) is 9.59 Å². The minimum absolute atomic E-state index is 0.0422. The molecule has 0 atom stereocenters. The third-order valence-corrected chi connectivity index (χ3v) is 5.18. The molecule has 0 saturated heterocycles. The summed E-state index contributed by atoms with van der Waals surface area (Å²) in [4.78, 5) is 33.1. The summed E-state index contributed by atoms with van der Waals surface area (Å²) >= 11 is 0. The predicted octanol–water partition coefficient (Wildman–Crippen LogP) is 4.87. The van der Waals surface area contributed by atoms with Gasteiger partial charge in [0, 0.05) is 29.4 Å². The Hall–Kier alpha value is -3.54. The lowest BCUT2D eigenvalue weighted by Gasteiger charge is -2.12. The summed E-state index contributed by atoms with van der Waals surface area (Å²) < 4.78 is 0. The lowest BCUT2D eigenvalue weighted by atomic mass is 9.98. The minimum Gasteiger partial charge on any atom is -0.320 e. The van der Waals surface area contributed by atoms with Crippen molar-refractivity contribution in [3.8, 4) is 11.1 Å². The number of hydrogen-bond donors (Lipinski definition) is 2. The van der Waals surface area contributed by atoms with Crippen LogP contribution in [0.5, 0.6) is 0 Å². The quantitative estimate of drug-likeness (QED) is 0.618. The highest BCUT2D eigenvalue weighted by molar-refractivity contribution is 6.07. The van der Waals surface area contributed by atoms with E-state index in [1.165, 1.54) is 11.8 Å². The summed E-state index contributed by atoms with van der Waals surface area (Å²) in [7, 11) is 0. The summed E-state index contributed by atoms with van der Waals surface area (Å²) in [5, 5.41) is 5.71. The third-order valence-electron chi connectivity index (χ3n) is 5.18. The van der Waals surface area contributed by atoms with Crippen LogP contribution in [-0.2, 0) is 4.79 Å². The van der Waals surface area contributed by atoms with E-state index in [2.05, 4.69) is 58.7 Å². The molecule has 1 saturated carbocycles. The maximum Gasteiger partial charge on any atom is 0.255 e. The van der Waals surface area contributed by atoms with Crippen LogP contribution in [0.2, 0.25) is 0 Å². The van der Waals surface area contributed by atoms with Crippen LogP contribution in [0.4, 0.5) is 11.5 Å². The Bertz CT molecular complexity index is 1070. The van der Waals surface area contributed by atoms with Gasteiger partial charge in [-0.1, -0.05) is 38.1 Å². The molecule has 152 valence electrons. The molecule has 0 radical (unpaired) electrons. The number of benzene rings is 1. The summed E-state index contributed by atoms with van der Waals surface area (Å²) in [6, 6.07) is 13.4. The Morgan fingerprint density at radius 3 is 2.47 bits per heavy atom. The summed E-state index contributed by atoms with van der Waals surface area (Å²) in [5.74, 6) is 0.586. The van der Waals surface area contributed by atoms with Crippen LogP contribution in [0, 0.1) is 5.92 Å². The normalized spacial score (nSPS) is 13.2. The number of pyridine rings is 2. The molecule has 0 spiro atoms. The molecule has 2 N–H and O–H groups in total. The molecule has 2 amide bonds. The van der Waals surface area contributed by atoms with Gasteiger partial charge in [0.15, 0.2) is 0 Å². The minimum atomic E-state index is -0.285. The van der Waals surface area contributed by atoms with Gasteiger partial charge in [-0.25, -0.2) is 4.98 Å². The smallest absolute Gasteiger partial charge is 0.255 e. The van der Waals surface area contributed by atoms with E-state index in [-0.39, 0.29) is 17.7 Å². The Kier molecular flexibility index (Phi) is 5.57. The highest BCUT2D eigenvalue weighted by Gasteiger charge is 2.29. The fourth-order valence-corrected chi connectivity index (χ4v) is 3.20. The average Bonchev–Trinajstić information content (AvgIpc) is 3.60. The van der Waals surface area contributed by atoms with Gasteiger partial charge in [-0.3, -0.25) is 14.6 Å². The molecule has 6 heteroatoms. The van der Waals surface area contributed by atoms with Crippen LogP contribution in [-0.4, -0.2) is 21.8 Å². The van der Waals surface area contributed by atoms with Crippen LogP contribution in [0.25, 0.3) is 11.1 Å². The van der Waals surface area contributed by atoms with Gasteiger partial charge in [0.05, 0.1) is 11.9 Å². The molecule has 2 aromatic heterocycles. The Labute approximate surface area is 175 Å². The van der Waals surface area contributed by atoms with Crippen molar-refractivity contribution in [2.75, 3.05) is 10.6 Å².